The predicted molar refractivity (Wildman–Crippen MR) is 53.4 cm³/mol. The van der Waals surface area contributed by atoms with Gasteiger partial charge in [-0.1, -0.05) is 29.3 Å². The van der Waals surface area contributed by atoms with Gasteiger partial charge in [0, 0.05) is 5.02 Å². The van der Waals surface area contributed by atoms with Gasteiger partial charge in [0.25, 0.3) is 0 Å². The average Bonchev–Trinajstić information content (AvgIpc) is 2.08. The number of benzene rings is 1. The number of carboxylic acids is 1. The number of rotatable bonds is 3. The molecule has 0 bridgehead atoms. The van der Waals surface area contributed by atoms with Crippen LogP contribution in [0, 0.1) is 6.92 Å². The molecule has 4 heteroatoms. The maximum atomic E-state index is 10.4. The standard InChI is InChI=1S/C10H11ClO3/c1-6-2-3-8(11)7(4-6)9(12)5-10(13)14/h2-4,9,12H,5H2,1H3,(H,13,14)/t9-/m0/s1. The number of hydrogen-bond acceptors (Lipinski definition) is 2. The molecule has 0 fully saturated rings. The molecule has 0 heterocycles. The largest absolute Gasteiger partial charge is 0.481 e. The van der Waals surface area contributed by atoms with E-state index in [-0.39, 0.29) is 6.42 Å². The van der Waals surface area contributed by atoms with Gasteiger partial charge in [0.1, 0.15) is 0 Å². The Morgan fingerprint density at radius 1 is 1.57 bits per heavy atom. The summed E-state index contributed by atoms with van der Waals surface area (Å²) in [4.78, 5) is 10.4. The molecule has 0 aliphatic carbocycles. The third-order valence-corrected chi connectivity index (χ3v) is 2.22. The second kappa shape index (κ2) is 4.44. The molecule has 1 aromatic rings. The fourth-order valence-electron chi connectivity index (χ4n) is 1.19. The summed E-state index contributed by atoms with van der Waals surface area (Å²) < 4.78 is 0. The van der Waals surface area contributed by atoms with E-state index in [2.05, 4.69) is 0 Å². The molecule has 0 aromatic heterocycles. The molecule has 1 rings (SSSR count). The number of aliphatic carboxylic acids is 1. The number of hydrogen-bond donors (Lipinski definition) is 2. The van der Waals surface area contributed by atoms with Gasteiger partial charge in [-0.05, 0) is 18.6 Å². The van der Waals surface area contributed by atoms with E-state index in [1.54, 1.807) is 18.2 Å². The number of aryl methyl sites for hydroxylation is 1. The van der Waals surface area contributed by atoms with Crippen LogP contribution in [0.25, 0.3) is 0 Å². The highest BCUT2D eigenvalue weighted by Crippen LogP contribution is 2.26. The van der Waals surface area contributed by atoms with Crippen LogP contribution in [0.2, 0.25) is 5.02 Å². The number of halogens is 1. The van der Waals surface area contributed by atoms with Crippen LogP contribution in [0.3, 0.4) is 0 Å². The van der Waals surface area contributed by atoms with Gasteiger partial charge in [0.05, 0.1) is 12.5 Å². The minimum Gasteiger partial charge on any atom is -0.481 e. The SMILES string of the molecule is Cc1ccc(Cl)c([C@@H](O)CC(=O)O)c1. The smallest absolute Gasteiger partial charge is 0.306 e. The number of carbonyl (C=O) groups is 1. The molecule has 0 amide bonds. The van der Waals surface area contributed by atoms with Gasteiger partial charge < -0.3 is 10.2 Å². The van der Waals surface area contributed by atoms with E-state index in [1.165, 1.54) is 0 Å². The topological polar surface area (TPSA) is 57.5 Å². The zero-order valence-corrected chi connectivity index (χ0v) is 8.45. The van der Waals surface area contributed by atoms with E-state index in [0.717, 1.165) is 5.56 Å². The first-order chi connectivity index (χ1) is 6.50. The zero-order chi connectivity index (χ0) is 10.7. The van der Waals surface area contributed by atoms with Crippen LogP contribution < -0.4 is 0 Å². The van der Waals surface area contributed by atoms with Gasteiger partial charge in [-0.2, -0.15) is 0 Å². The minimum absolute atomic E-state index is 0.330. The van der Waals surface area contributed by atoms with Crippen LogP contribution >= 0.6 is 11.6 Å². The van der Waals surface area contributed by atoms with Gasteiger partial charge in [-0.3, -0.25) is 4.79 Å². The Balaban J connectivity index is 2.93. The molecule has 0 radical (unpaired) electrons. The van der Waals surface area contributed by atoms with E-state index >= 15 is 0 Å². The monoisotopic (exact) mass is 214 g/mol. The zero-order valence-electron chi connectivity index (χ0n) is 7.70. The van der Waals surface area contributed by atoms with Gasteiger partial charge in [-0.25, -0.2) is 0 Å². The van der Waals surface area contributed by atoms with Gasteiger partial charge >= 0.3 is 5.97 Å². The fraction of sp³-hybridized carbons (Fsp3) is 0.300. The van der Waals surface area contributed by atoms with Gasteiger partial charge in [0.15, 0.2) is 0 Å². The predicted octanol–water partition coefficient (Wildman–Crippen LogP) is 2.16. The molecular weight excluding hydrogens is 204 g/mol. The third kappa shape index (κ3) is 2.72. The quantitative estimate of drug-likeness (QED) is 0.811. The lowest BCUT2D eigenvalue weighted by Crippen LogP contribution is -2.06. The highest BCUT2D eigenvalue weighted by Gasteiger charge is 2.14. The molecule has 0 aliphatic rings. The Labute approximate surface area is 86.9 Å². The van der Waals surface area contributed by atoms with E-state index in [1.807, 2.05) is 6.92 Å². The summed E-state index contributed by atoms with van der Waals surface area (Å²) in [5, 5.41) is 18.4. The highest BCUT2D eigenvalue weighted by molar-refractivity contribution is 6.31. The van der Waals surface area contributed by atoms with Crippen LogP contribution in [-0.2, 0) is 4.79 Å². The Kier molecular flexibility index (Phi) is 3.49. The molecule has 76 valence electrons. The van der Waals surface area contributed by atoms with Crippen LogP contribution in [0.1, 0.15) is 23.7 Å². The van der Waals surface area contributed by atoms with E-state index in [4.69, 9.17) is 16.7 Å². The first-order valence-corrected chi connectivity index (χ1v) is 4.54. The van der Waals surface area contributed by atoms with Crippen LogP contribution in [0.5, 0.6) is 0 Å². The molecule has 2 N–H and O–H groups in total. The van der Waals surface area contributed by atoms with E-state index in [0.29, 0.717) is 10.6 Å². The maximum absolute atomic E-state index is 10.4. The lowest BCUT2D eigenvalue weighted by Gasteiger charge is -2.10. The molecule has 1 aromatic carbocycles. The van der Waals surface area contributed by atoms with Gasteiger partial charge in [-0.15, -0.1) is 0 Å². The normalized spacial score (nSPS) is 12.5. The second-order valence-electron chi connectivity index (χ2n) is 3.14. The van der Waals surface area contributed by atoms with Crippen molar-refractivity contribution in [2.45, 2.75) is 19.4 Å². The molecule has 3 nitrogen and oxygen atoms in total. The molecule has 0 aliphatic heterocycles. The van der Waals surface area contributed by atoms with Gasteiger partial charge in [0.2, 0.25) is 0 Å². The summed E-state index contributed by atoms with van der Waals surface area (Å²) in [6, 6.07) is 5.15. The first-order valence-electron chi connectivity index (χ1n) is 4.16. The summed E-state index contributed by atoms with van der Waals surface area (Å²) in [6.07, 6.45) is -1.37. The second-order valence-corrected chi connectivity index (χ2v) is 3.55. The Hall–Kier alpha value is -1.06. The highest BCUT2D eigenvalue weighted by atomic mass is 35.5. The van der Waals surface area contributed by atoms with Crippen molar-refractivity contribution >= 4 is 17.6 Å². The average molecular weight is 215 g/mol. The first kappa shape index (κ1) is 11.0. The molecular formula is C10H11ClO3. The molecule has 14 heavy (non-hydrogen) atoms. The summed E-state index contributed by atoms with van der Waals surface area (Å²) in [6.45, 7) is 1.85. The van der Waals surface area contributed by atoms with Crippen molar-refractivity contribution in [1.82, 2.24) is 0 Å². The Bertz CT molecular complexity index is 349. The molecule has 0 unspecified atom stereocenters. The van der Waals surface area contributed by atoms with Crippen molar-refractivity contribution in [3.8, 4) is 0 Å². The summed E-state index contributed by atoms with van der Waals surface area (Å²) in [5.74, 6) is -1.05. The summed E-state index contributed by atoms with van der Waals surface area (Å²) in [7, 11) is 0. The van der Waals surface area contributed by atoms with Crippen LogP contribution in [-0.4, -0.2) is 16.2 Å². The Morgan fingerprint density at radius 3 is 2.79 bits per heavy atom. The lowest BCUT2D eigenvalue weighted by molar-refractivity contribution is -0.139. The van der Waals surface area contributed by atoms with Crippen molar-refractivity contribution in [2.24, 2.45) is 0 Å². The number of carboxylic acid groups (broad SMARTS) is 1. The van der Waals surface area contributed by atoms with Crippen LogP contribution in [0.4, 0.5) is 0 Å². The van der Waals surface area contributed by atoms with Crippen molar-refractivity contribution in [3.05, 3.63) is 34.3 Å². The minimum atomic E-state index is -1.05. The van der Waals surface area contributed by atoms with Crippen molar-refractivity contribution in [3.63, 3.8) is 0 Å². The molecule has 0 spiro atoms. The van der Waals surface area contributed by atoms with Crippen molar-refractivity contribution in [1.29, 1.82) is 0 Å². The third-order valence-electron chi connectivity index (χ3n) is 1.88. The van der Waals surface area contributed by atoms with Crippen molar-refractivity contribution < 1.29 is 15.0 Å². The molecule has 0 saturated heterocycles. The van der Waals surface area contributed by atoms with E-state index in [9.17, 15) is 9.90 Å². The number of aliphatic hydroxyl groups excluding tert-OH is 1. The van der Waals surface area contributed by atoms with Crippen molar-refractivity contribution in [2.75, 3.05) is 0 Å². The molecule has 1 atom stereocenters. The number of aliphatic hydroxyl groups is 1. The van der Waals surface area contributed by atoms with Crippen LogP contribution in [0.15, 0.2) is 18.2 Å². The lowest BCUT2D eigenvalue weighted by atomic mass is 10.0. The maximum Gasteiger partial charge on any atom is 0.306 e. The summed E-state index contributed by atoms with van der Waals surface area (Å²) >= 11 is 5.82. The summed E-state index contributed by atoms with van der Waals surface area (Å²) in [5.41, 5.74) is 1.41. The molecule has 0 saturated carbocycles. The Morgan fingerprint density at radius 2 is 2.21 bits per heavy atom. The fourth-order valence-corrected chi connectivity index (χ4v) is 1.44. The van der Waals surface area contributed by atoms with E-state index < -0.39 is 12.1 Å².